The van der Waals surface area contributed by atoms with Crippen molar-refractivity contribution >= 4 is 39.5 Å². The first-order chi connectivity index (χ1) is 10.6. The highest BCUT2D eigenvalue weighted by Crippen LogP contribution is 2.37. The van der Waals surface area contributed by atoms with Gasteiger partial charge in [0, 0.05) is 5.69 Å². The summed E-state index contributed by atoms with van der Waals surface area (Å²) in [5, 5.41) is 12.7. The monoisotopic (exact) mass is 315 g/mol. The Labute approximate surface area is 131 Å². The van der Waals surface area contributed by atoms with Gasteiger partial charge in [0.1, 0.15) is 21.5 Å². The number of Topliss-reactive ketones (excluding diaryl/α,β-unsaturated/α-hetero) is 1. The number of nitrogen functional groups attached to an aromatic ring is 1. The molecule has 0 bridgehead atoms. The molecule has 0 amide bonds. The number of benzene rings is 1. The van der Waals surface area contributed by atoms with E-state index in [9.17, 15) is 14.9 Å². The molecule has 0 aliphatic heterocycles. The summed E-state index contributed by atoms with van der Waals surface area (Å²) in [4.78, 5) is 23.6. The van der Waals surface area contributed by atoms with Crippen LogP contribution in [0.25, 0.3) is 0 Å². The second-order valence-electron chi connectivity index (χ2n) is 4.20. The number of carbonyl (C=O) groups excluding carboxylic acids is 2. The first kappa shape index (κ1) is 15.5. The molecule has 0 radical (unpaired) electrons. The maximum Gasteiger partial charge on any atom is 0.380 e. The van der Waals surface area contributed by atoms with Crippen molar-refractivity contribution < 1.29 is 14.3 Å². The number of hydrogen-bond acceptors (Lipinski definition) is 7. The number of esters is 1. The molecule has 0 aliphatic rings. The lowest BCUT2D eigenvalue weighted by molar-refractivity contribution is -0.137. The van der Waals surface area contributed by atoms with Gasteiger partial charge in [0.05, 0.1) is 12.3 Å². The van der Waals surface area contributed by atoms with Gasteiger partial charge in [0.2, 0.25) is 0 Å². The molecule has 2 aromatic rings. The van der Waals surface area contributed by atoms with Crippen LogP contribution in [0.1, 0.15) is 22.2 Å². The lowest BCUT2D eigenvalue weighted by Crippen LogP contribution is -2.17. The van der Waals surface area contributed by atoms with Crippen LogP contribution < -0.4 is 11.1 Å². The SMILES string of the molecule is CCOC(=O)C(=O)c1sc(Nc2ccccc2)c(C#N)c1N. The zero-order chi connectivity index (χ0) is 16.1. The Balaban J connectivity index is 2.37. The first-order valence-corrected chi connectivity index (χ1v) is 7.26. The van der Waals surface area contributed by atoms with Gasteiger partial charge in [-0.2, -0.15) is 5.26 Å². The van der Waals surface area contributed by atoms with Crippen LogP contribution in [0.5, 0.6) is 0 Å². The Hall–Kier alpha value is -2.85. The van der Waals surface area contributed by atoms with E-state index in [-0.39, 0.29) is 22.7 Å². The molecule has 6 nitrogen and oxygen atoms in total. The number of nitrogens with zero attached hydrogens (tertiary/aromatic N) is 1. The second kappa shape index (κ2) is 6.74. The Morgan fingerprint density at radius 1 is 1.36 bits per heavy atom. The first-order valence-electron chi connectivity index (χ1n) is 6.44. The molecule has 22 heavy (non-hydrogen) atoms. The molecule has 0 saturated carbocycles. The van der Waals surface area contributed by atoms with E-state index in [0.717, 1.165) is 17.0 Å². The molecule has 1 heterocycles. The van der Waals surface area contributed by atoms with Crippen LogP contribution in [0.15, 0.2) is 30.3 Å². The zero-order valence-corrected chi connectivity index (χ0v) is 12.6. The topological polar surface area (TPSA) is 105 Å². The normalized spacial score (nSPS) is 9.82. The second-order valence-corrected chi connectivity index (χ2v) is 5.22. The number of thiophene rings is 1. The molecule has 112 valence electrons. The third kappa shape index (κ3) is 3.07. The highest BCUT2D eigenvalue weighted by atomic mass is 32.1. The van der Waals surface area contributed by atoms with Crippen molar-refractivity contribution in [3.63, 3.8) is 0 Å². The van der Waals surface area contributed by atoms with Crippen LogP contribution in [-0.4, -0.2) is 18.4 Å². The summed E-state index contributed by atoms with van der Waals surface area (Å²) >= 11 is 0.959. The van der Waals surface area contributed by atoms with Crippen LogP contribution in [0.4, 0.5) is 16.4 Å². The van der Waals surface area contributed by atoms with E-state index in [1.807, 2.05) is 36.4 Å². The summed E-state index contributed by atoms with van der Waals surface area (Å²) in [6.45, 7) is 1.70. The van der Waals surface area contributed by atoms with E-state index in [1.165, 1.54) is 0 Å². The van der Waals surface area contributed by atoms with Crippen molar-refractivity contribution in [2.24, 2.45) is 0 Å². The van der Waals surface area contributed by atoms with E-state index < -0.39 is 11.8 Å². The van der Waals surface area contributed by atoms with Gasteiger partial charge in [0.15, 0.2) is 0 Å². The number of nitrogens with two attached hydrogens (primary N) is 1. The van der Waals surface area contributed by atoms with Gasteiger partial charge in [-0.05, 0) is 19.1 Å². The van der Waals surface area contributed by atoms with Gasteiger partial charge in [-0.1, -0.05) is 18.2 Å². The predicted molar refractivity (Wildman–Crippen MR) is 84.1 cm³/mol. The number of anilines is 3. The molecule has 1 aromatic heterocycles. The smallest absolute Gasteiger partial charge is 0.380 e. The number of nitrogens with one attached hydrogen (secondary N) is 1. The molecular formula is C15H13N3O3S. The number of ketones is 1. The fourth-order valence-electron chi connectivity index (χ4n) is 1.75. The molecule has 2 rings (SSSR count). The largest absolute Gasteiger partial charge is 0.460 e. The third-order valence-electron chi connectivity index (χ3n) is 2.76. The van der Waals surface area contributed by atoms with Crippen LogP contribution >= 0.6 is 11.3 Å². The van der Waals surface area contributed by atoms with Crippen molar-refractivity contribution in [2.45, 2.75) is 6.92 Å². The van der Waals surface area contributed by atoms with Gasteiger partial charge in [-0.15, -0.1) is 11.3 Å². The lowest BCUT2D eigenvalue weighted by Gasteiger charge is -2.03. The summed E-state index contributed by atoms with van der Waals surface area (Å²) < 4.78 is 4.67. The maximum atomic E-state index is 12.0. The average Bonchev–Trinajstić information content (AvgIpc) is 2.83. The Morgan fingerprint density at radius 2 is 2.05 bits per heavy atom. The van der Waals surface area contributed by atoms with Crippen LogP contribution in [-0.2, 0) is 9.53 Å². The minimum atomic E-state index is -0.980. The lowest BCUT2D eigenvalue weighted by atomic mass is 10.2. The zero-order valence-electron chi connectivity index (χ0n) is 11.8. The molecule has 0 spiro atoms. The summed E-state index contributed by atoms with van der Waals surface area (Å²) in [6.07, 6.45) is 0. The number of para-hydroxylation sites is 1. The minimum Gasteiger partial charge on any atom is -0.460 e. The molecule has 0 unspecified atom stereocenters. The minimum absolute atomic E-state index is 0.00781. The van der Waals surface area contributed by atoms with Gasteiger partial charge in [0.25, 0.3) is 5.78 Å². The summed E-state index contributed by atoms with van der Waals surface area (Å²) in [6, 6.07) is 11.1. The quantitative estimate of drug-likeness (QED) is 0.499. The fraction of sp³-hybridized carbons (Fsp3) is 0.133. The summed E-state index contributed by atoms with van der Waals surface area (Å²) in [5.74, 6) is -1.83. The molecule has 0 aliphatic carbocycles. The van der Waals surface area contributed by atoms with Crippen molar-refractivity contribution in [3.8, 4) is 6.07 Å². The van der Waals surface area contributed by atoms with Crippen molar-refractivity contribution in [3.05, 3.63) is 40.8 Å². The van der Waals surface area contributed by atoms with E-state index in [1.54, 1.807) is 6.92 Å². The van der Waals surface area contributed by atoms with Crippen molar-refractivity contribution in [2.75, 3.05) is 17.7 Å². The Kier molecular flexibility index (Phi) is 4.76. The molecule has 0 fully saturated rings. The number of nitriles is 1. The molecule has 0 saturated heterocycles. The summed E-state index contributed by atoms with van der Waals surface area (Å²) in [5.41, 5.74) is 6.70. The predicted octanol–water partition coefficient (Wildman–Crippen LogP) is 2.69. The van der Waals surface area contributed by atoms with Crippen molar-refractivity contribution in [1.29, 1.82) is 5.26 Å². The number of ether oxygens (including phenoxy) is 1. The van der Waals surface area contributed by atoms with Crippen LogP contribution in [0.3, 0.4) is 0 Å². The summed E-state index contributed by atoms with van der Waals surface area (Å²) in [7, 11) is 0. The molecule has 7 heteroatoms. The van der Waals surface area contributed by atoms with E-state index >= 15 is 0 Å². The van der Waals surface area contributed by atoms with Gasteiger partial charge in [-0.25, -0.2) is 4.79 Å². The van der Waals surface area contributed by atoms with E-state index in [0.29, 0.717) is 5.00 Å². The highest BCUT2D eigenvalue weighted by molar-refractivity contribution is 7.19. The van der Waals surface area contributed by atoms with Gasteiger partial charge < -0.3 is 15.8 Å². The third-order valence-corrected chi connectivity index (χ3v) is 3.88. The van der Waals surface area contributed by atoms with Crippen LogP contribution in [0.2, 0.25) is 0 Å². The number of hydrogen-bond donors (Lipinski definition) is 2. The molecular weight excluding hydrogens is 302 g/mol. The van der Waals surface area contributed by atoms with E-state index in [2.05, 4.69) is 10.1 Å². The molecule has 1 aromatic carbocycles. The maximum absolute atomic E-state index is 12.0. The van der Waals surface area contributed by atoms with E-state index in [4.69, 9.17) is 5.73 Å². The van der Waals surface area contributed by atoms with Gasteiger partial charge >= 0.3 is 5.97 Å². The standard InChI is InChI=1S/C15H13N3O3S/c1-2-21-15(20)12(19)13-11(17)10(8-16)14(22-13)18-9-6-4-3-5-7-9/h3-7,18H,2,17H2,1H3. The Morgan fingerprint density at radius 3 is 2.64 bits per heavy atom. The molecule has 0 atom stereocenters. The fourth-order valence-corrected chi connectivity index (χ4v) is 2.77. The van der Waals surface area contributed by atoms with Crippen LogP contribution in [0, 0.1) is 11.3 Å². The Bertz CT molecular complexity index is 747. The number of rotatable bonds is 5. The van der Waals surface area contributed by atoms with Gasteiger partial charge in [-0.3, -0.25) is 4.79 Å². The number of carbonyl (C=O) groups is 2. The molecule has 3 N–H and O–H groups in total. The highest BCUT2D eigenvalue weighted by Gasteiger charge is 2.26. The average molecular weight is 315 g/mol. The van der Waals surface area contributed by atoms with Crippen molar-refractivity contribution in [1.82, 2.24) is 0 Å².